The van der Waals surface area contributed by atoms with Crippen LogP contribution >= 0.6 is 0 Å². The molecule has 3 nitrogen and oxygen atoms in total. The Labute approximate surface area is 79.9 Å². The Kier molecular flexibility index (Phi) is 6.20. The second kappa shape index (κ2) is 6.63. The molecule has 0 aromatic heterocycles. The molecule has 1 amide bonds. The molecule has 1 aliphatic carbocycles. The van der Waals surface area contributed by atoms with Crippen molar-refractivity contribution in [3.63, 3.8) is 0 Å². The first-order valence-electron chi connectivity index (χ1n) is 4.97. The lowest BCUT2D eigenvalue weighted by molar-refractivity contribution is -0.123. The van der Waals surface area contributed by atoms with Gasteiger partial charge in [-0.15, -0.1) is 0 Å². The van der Waals surface area contributed by atoms with E-state index in [4.69, 9.17) is 0 Å². The highest BCUT2D eigenvalue weighted by Gasteiger charge is 2.18. The first-order chi connectivity index (χ1) is 6.18. The molecule has 0 spiro atoms. The minimum absolute atomic E-state index is 0.00403. The van der Waals surface area contributed by atoms with Crippen molar-refractivity contribution >= 4 is 11.7 Å². The summed E-state index contributed by atoms with van der Waals surface area (Å²) in [7, 11) is 0. The molecule has 0 unspecified atom stereocenters. The third-order valence-corrected chi connectivity index (χ3v) is 1.95. The van der Waals surface area contributed by atoms with Crippen molar-refractivity contribution in [1.29, 1.82) is 0 Å². The fraction of sp³-hybridized carbons (Fsp3) is 0.800. The first kappa shape index (κ1) is 12.1. The number of carbonyl (C=O) groups is 2. The number of ketones is 1. The van der Waals surface area contributed by atoms with Gasteiger partial charge in [0, 0.05) is 25.8 Å². The summed E-state index contributed by atoms with van der Waals surface area (Å²) in [6.45, 7) is 5.51. The molecule has 0 aromatic carbocycles. The lowest BCUT2D eigenvalue weighted by Crippen LogP contribution is -2.36. The molecule has 0 aliphatic heterocycles. The molecule has 1 aliphatic rings. The Hall–Kier alpha value is -0.860. The number of nitrogens with one attached hydrogen (secondary N) is 1. The minimum atomic E-state index is 0.00403. The minimum Gasteiger partial charge on any atom is -0.354 e. The van der Waals surface area contributed by atoms with Crippen LogP contribution in [0, 0.1) is 0 Å². The molecule has 1 saturated carbocycles. The maximum atomic E-state index is 10.8. The van der Waals surface area contributed by atoms with E-state index >= 15 is 0 Å². The summed E-state index contributed by atoms with van der Waals surface area (Å²) >= 11 is 0. The zero-order valence-corrected chi connectivity index (χ0v) is 8.72. The van der Waals surface area contributed by atoms with E-state index in [1.165, 1.54) is 6.92 Å². The molecule has 1 rings (SSSR count). The molecule has 13 heavy (non-hydrogen) atoms. The molecule has 0 saturated heterocycles. The van der Waals surface area contributed by atoms with Crippen molar-refractivity contribution in [2.45, 2.75) is 52.5 Å². The molecule has 0 radical (unpaired) electrons. The van der Waals surface area contributed by atoms with E-state index in [1.54, 1.807) is 0 Å². The average molecular weight is 185 g/mol. The van der Waals surface area contributed by atoms with Crippen LogP contribution in [0.3, 0.4) is 0 Å². The van der Waals surface area contributed by atoms with Gasteiger partial charge in [0.2, 0.25) is 5.91 Å². The number of rotatable bonds is 1. The van der Waals surface area contributed by atoms with Crippen molar-refractivity contribution in [3.05, 3.63) is 0 Å². The summed E-state index contributed by atoms with van der Waals surface area (Å²) in [5.41, 5.74) is 0. The lowest BCUT2D eigenvalue weighted by Gasteiger charge is -2.21. The van der Waals surface area contributed by atoms with Gasteiger partial charge in [-0.2, -0.15) is 0 Å². The molecule has 0 atom stereocenters. The quantitative estimate of drug-likeness (QED) is 0.675. The third kappa shape index (κ3) is 5.39. The van der Waals surface area contributed by atoms with Gasteiger partial charge in [-0.3, -0.25) is 9.59 Å². The molecular formula is C10H19NO2. The van der Waals surface area contributed by atoms with Crippen LogP contribution in [0.1, 0.15) is 46.5 Å². The Morgan fingerprint density at radius 3 is 2.15 bits per heavy atom. The van der Waals surface area contributed by atoms with E-state index in [0.717, 1.165) is 12.8 Å². The first-order valence-corrected chi connectivity index (χ1v) is 4.97. The fourth-order valence-corrected chi connectivity index (χ4v) is 1.37. The van der Waals surface area contributed by atoms with Gasteiger partial charge < -0.3 is 5.32 Å². The number of carbonyl (C=O) groups excluding carboxylic acids is 2. The van der Waals surface area contributed by atoms with E-state index in [1.807, 2.05) is 13.8 Å². The molecule has 0 bridgehead atoms. The monoisotopic (exact) mass is 185 g/mol. The molecule has 76 valence electrons. The number of Topliss-reactive ketones (excluding diaryl/α,β-unsaturated/α-hetero) is 1. The molecule has 0 heterocycles. The Morgan fingerprint density at radius 1 is 1.31 bits per heavy atom. The highest BCUT2D eigenvalue weighted by atomic mass is 16.1. The van der Waals surface area contributed by atoms with E-state index in [2.05, 4.69) is 5.32 Å². The van der Waals surface area contributed by atoms with Crippen molar-refractivity contribution < 1.29 is 9.59 Å². The van der Waals surface area contributed by atoms with Crippen LogP contribution in [0.2, 0.25) is 0 Å². The SMILES string of the molecule is CC.CC(=O)NC1CCC(=O)CC1. The zero-order valence-electron chi connectivity index (χ0n) is 8.72. The van der Waals surface area contributed by atoms with Crippen LogP contribution < -0.4 is 5.32 Å². The van der Waals surface area contributed by atoms with Crippen LogP contribution in [0.15, 0.2) is 0 Å². The maximum Gasteiger partial charge on any atom is 0.217 e. The summed E-state index contributed by atoms with van der Waals surface area (Å²) in [5, 5.41) is 2.81. The van der Waals surface area contributed by atoms with Crippen LogP contribution in [0.4, 0.5) is 0 Å². The Balaban J connectivity index is 0.000000671. The number of amides is 1. The summed E-state index contributed by atoms with van der Waals surface area (Å²) in [5.74, 6) is 0.330. The van der Waals surface area contributed by atoms with Gasteiger partial charge in [-0.25, -0.2) is 0 Å². The van der Waals surface area contributed by atoms with Gasteiger partial charge in [0.1, 0.15) is 5.78 Å². The largest absolute Gasteiger partial charge is 0.354 e. The lowest BCUT2D eigenvalue weighted by atomic mass is 9.94. The van der Waals surface area contributed by atoms with Crippen molar-refractivity contribution in [1.82, 2.24) is 5.32 Å². The predicted molar refractivity (Wildman–Crippen MR) is 52.4 cm³/mol. The van der Waals surface area contributed by atoms with Gasteiger partial charge in [-0.05, 0) is 12.8 Å². The number of hydrogen-bond donors (Lipinski definition) is 1. The summed E-state index contributed by atoms with van der Waals surface area (Å²) in [4.78, 5) is 21.4. The molecule has 1 N–H and O–H groups in total. The molecule has 1 fully saturated rings. The van der Waals surface area contributed by atoms with Crippen molar-refractivity contribution in [2.75, 3.05) is 0 Å². The van der Waals surface area contributed by atoms with E-state index in [9.17, 15) is 9.59 Å². The third-order valence-electron chi connectivity index (χ3n) is 1.95. The topological polar surface area (TPSA) is 46.2 Å². The fourth-order valence-electron chi connectivity index (χ4n) is 1.37. The Morgan fingerprint density at radius 2 is 1.77 bits per heavy atom. The summed E-state index contributed by atoms with van der Waals surface area (Å²) in [6, 6.07) is 0.241. The second-order valence-corrected chi connectivity index (χ2v) is 3.01. The number of hydrogen-bond acceptors (Lipinski definition) is 2. The standard InChI is InChI=1S/C8H13NO2.C2H6/c1-6(10)9-7-2-4-8(11)5-3-7;1-2/h7H,2-5H2,1H3,(H,9,10);1-2H3. The van der Waals surface area contributed by atoms with E-state index in [-0.39, 0.29) is 11.9 Å². The van der Waals surface area contributed by atoms with Gasteiger partial charge in [0.05, 0.1) is 0 Å². The van der Waals surface area contributed by atoms with Gasteiger partial charge in [0.15, 0.2) is 0 Å². The second-order valence-electron chi connectivity index (χ2n) is 3.01. The van der Waals surface area contributed by atoms with Crippen LogP contribution in [0.25, 0.3) is 0 Å². The summed E-state index contributed by atoms with van der Waals surface area (Å²) in [6.07, 6.45) is 2.90. The smallest absolute Gasteiger partial charge is 0.217 e. The van der Waals surface area contributed by atoms with Crippen LogP contribution in [-0.4, -0.2) is 17.7 Å². The average Bonchev–Trinajstić information content (AvgIpc) is 2.12. The summed E-state index contributed by atoms with van der Waals surface area (Å²) < 4.78 is 0. The zero-order chi connectivity index (χ0) is 10.3. The van der Waals surface area contributed by atoms with Crippen molar-refractivity contribution in [2.24, 2.45) is 0 Å². The van der Waals surface area contributed by atoms with Gasteiger partial charge in [-0.1, -0.05) is 13.8 Å². The van der Waals surface area contributed by atoms with Crippen LogP contribution in [0.5, 0.6) is 0 Å². The highest BCUT2D eigenvalue weighted by molar-refractivity contribution is 5.79. The van der Waals surface area contributed by atoms with E-state index in [0.29, 0.717) is 18.6 Å². The maximum absolute atomic E-state index is 10.8. The normalized spacial score (nSPS) is 17.3. The van der Waals surface area contributed by atoms with E-state index < -0.39 is 0 Å². The van der Waals surface area contributed by atoms with Crippen LogP contribution in [-0.2, 0) is 9.59 Å². The predicted octanol–water partition coefficient (Wildman–Crippen LogP) is 1.66. The van der Waals surface area contributed by atoms with Crippen molar-refractivity contribution in [3.8, 4) is 0 Å². The van der Waals surface area contributed by atoms with Gasteiger partial charge in [0.25, 0.3) is 0 Å². The van der Waals surface area contributed by atoms with Gasteiger partial charge >= 0.3 is 0 Å². The Bertz CT molecular complexity index is 168. The molecule has 0 aromatic rings. The molecular weight excluding hydrogens is 166 g/mol. The molecule has 3 heteroatoms. The highest BCUT2D eigenvalue weighted by Crippen LogP contribution is 2.14.